The first-order valence-electron chi connectivity index (χ1n) is 6.66. The number of nitrogens with one attached hydrogen (secondary N) is 1. The molecule has 0 aromatic heterocycles. The van der Waals surface area contributed by atoms with Crippen molar-refractivity contribution in [2.45, 2.75) is 51.0 Å². The van der Waals surface area contributed by atoms with Crippen molar-refractivity contribution in [2.75, 3.05) is 13.1 Å². The quantitative estimate of drug-likeness (QED) is 0.316. The summed E-state index contributed by atoms with van der Waals surface area (Å²) in [4.78, 5) is 14.3. The molecule has 2 atom stereocenters. The second kappa shape index (κ2) is 7.24. The van der Waals surface area contributed by atoms with Gasteiger partial charge in [0.15, 0.2) is 0 Å². The minimum atomic E-state index is -0.774. The summed E-state index contributed by atoms with van der Waals surface area (Å²) in [6.45, 7) is 3.05. The van der Waals surface area contributed by atoms with Crippen LogP contribution in [-0.4, -0.2) is 29.7 Å². The van der Waals surface area contributed by atoms with Crippen LogP contribution in [0.2, 0.25) is 0 Å². The molecule has 0 spiro atoms. The zero-order valence-electron chi connectivity index (χ0n) is 10.9. The Morgan fingerprint density at radius 2 is 2.39 bits per heavy atom. The molecule has 1 saturated carbocycles. The van der Waals surface area contributed by atoms with Gasteiger partial charge in [-0.15, -0.1) is 0 Å². The van der Waals surface area contributed by atoms with E-state index in [1.165, 1.54) is 0 Å². The molecule has 0 heterocycles. The third-order valence-corrected chi connectivity index (χ3v) is 3.88. The van der Waals surface area contributed by atoms with Gasteiger partial charge in [0.2, 0.25) is 0 Å². The second-order valence-electron chi connectivity index (χ2n) is 4.86. The summed E-state index contributed by atoms with van der Waals surface area (Å²) >= 11 is 0. The van der Waals surface area contributed by atoms with E-state index in [9.17, 15) is 9.90 Å². The molecule has 0 amide bonds. The van der Waals surface area contributed by atoms with E-state index in [1.54, 1.807) is 0 Å². The number of hydrogen-bond acceptors (Lipinski definition) is 3. The molecule has 0 bridgehead atoms. The Balaban J connectivity index is 2.61. The minimum absolute atomic E-state index is 0.197. The lowest BCUT2D eigenvalue weighted by molar-refractivity contribution is -0.149. The smallest absolute Gasteiger partial charge is 0.324 e. The number of azide groups is 1. The Kier molecular flexibility index (Phi) is 5.95. The average molecular weight is 254 g/mol. The Bertz CT molecular complexity index is 328. The molecule has 0 aromatic carbocycles. The second-order valence-corrected chi connectivity index (χ2v) is 4.86. The van der Waals surface area contributed by atoms with Gasteiger partial charge in [-0.05, 0) is 37.3 Å². The maximum atomic E-state index is 11.6. The van der Waals surface area contributed by atoms with Crippen LogP contribution < -0.4 is 5.32 Å². The fourth-order valence-corrected chi connectivity index (χ4v) is 2.89. The first-order chi connectivity index (χ1) is 8.67. The highest BCUT2D eigenvalue weighted by molar-refractivity contribution is 5.79. The van der Waals surface area contributed by atoms with E-state index in [1.807, 2.05) is 0 Å². The van der Waals surface area contributed by atoms with Crippen molar-refractivity contribution in [3.05, 3.63) is 10.4 Å². The van der Waals surface area contributed by atoms with Gasteiger partial charge < -0.3 is 10.4 Å². The summed E-state index contributed by atoms with van der Waals surface area (Å²) in [6.07, 6.45) is 5.32. The Labute approximate surface area is 107 Å². The summed E-state index contributed by atoms with van der Waals surface area (Å²) in [7, 11) is 0. The van der Waals surface area contributed by atoms with Crippen LogP contribution in [0.15, 0.2) is 5.11 Å². The molecule has 1 fully saturated rings. The molecule has 1 rings (SSSR count). The van der Waals surface area contributed by atoms with Crippen molar-refractivity contribution in [2.24, 2.45) is 11.0 Å². The van der Waals surface area contributed by atoms with Crippen molar-refractivity contribution in [3.8, 4) is 0 Å². The molecular formula is C12H22N4O2. The van der Waals surface area contributed by atoms with E-state index in [-0.39, 0.29) is 5.92 Å². The van der Waals surface area contributed by atoms with Crippen LogP contribution in [0.1, 0.15) is 45.4 Å². The fraction of sp³-hybridized carbons (Fsp3) is 0.917. The SMILES string of the molecule is CCC1CCCCC1(NCCCN=[N+]=[N-])C(=O)O. The predicted octanol–water partition coefficient (Wildman–Crippen LogP) is 2.70. The highest BCUT2D eigenvalue weighted by Crippen LogP contribution is 2.36. The highest BCUT2D eigenvalue weighted by atomic mass is 16.4. The standard InChI is InChI=1S/C12H22N4O2/c1-2-10-6-3-4-7-12(10,11(17)18)14-8-5-9-15-16-13/h10,14H,2-9H2,1H3,(H,17,18). The summed E-state index contributed by atoms with van der Waals surface area (Å²) in [5, 5.41) is 16.2. The molecule has 0 saturated heterocycles. The van der Waals surface area contributed by atoms with Crippen molar-refractivity contribution in [1.29, 1.82) is 0 Å². The molecule has 102 valence electrons. The predicted molar refractivity (Wildman–Crippen MR) is 69.2 cm³/mol. The third-order valence-electron chi connectivity index (χ3n) is 3.88. The molecule has 2 unspecified atom stereocenters. The first kappa shape index (κ1) is 14.8. The van der Waals surface area contributed by atoms with E-state index in [0.717, 1.165) is 25.7 Å². The monoisotopic (exact) mass is 254 g/mol. The first-order valence-corrected chi connectivity index (χ1v) is 6.66. The zero-order chi connectivity index (χ0) is 13.4. The Morgan fingerprint density at radius 1 is 1.61 bits per heavy atom. The summed E-state index contributed by atoms with van der Waals surface area (Å²) in [5.41, 5.74) is 7.40. The van der Waals surface area contributed by atoms with Crippen molar-refractivity contribution in [3.63, 3.8) is 0 Å². The largest absolute Gasteiger partial charge is 0.480 e. The molecule has 0 radical (unpaired) electrons. The molecule has 2 N–H and O–H groups in total. The molecule has 1 aliphatic carbocycles. The van der Waals surface area contributed by atoms with Crippen LogP contribution >= 0.6 is 0 Å². The van der Waals surface area contributed by atoms with E-state index in [0.29, 0.717) is 25.9 Å². The van der Waals surface area contributed by atoms with Crippen molar-refractivity contribution < 1.29 is 9.90 Å². The van der Waals surface area contributed by atoms with Crippen LogP contribution in [0.4, 0.5) is 0 Å². The van der Waals surface area contributed by atoms with Gasteiger partial charge in [-0.1, -0.05) is 31.3 Å². The van der Waals surface area contributed by atoms with Gasteiger partial charge in [0.25, 0.3) is 0 Å². The molecule has 1 aliphatic rings. The number of carboxylic acids is 1. The van der Waals surface area contributed by atoms with Crippen molar-refractivity contribution in [1.82, 2.24) is 5.32 Å². The van der Waals surface area contributed by atoms with E-state index >= 15 is 0 Å². The lowest BCUT2D eigenvalue weighted by atomic mass is 9.71. The van der Waals surface area contributed by atoms with E-state index < -0.39 is 11.5 Å². The van der Waals surface area contributed by atoms with E-state index in [4.69, 9.17) is 5.53 Å². The van der Waals surface area contributed by atoms with Gasteiger partial charge in [0, 0.05) is 11.5 Å². The minimum Gasteiger partial charge on any atom is -0.480 e. The average Bonchev–Trinajstić information content (AvgIpc) is 2.38. The molecule has 6 nitrogen and oxygen atoms in total. The van der Waals surface area contributed by atoms with Crippen LogP contribution in [-0.2, 0) is 4.79 Å². The van der Waals surface area contributed by atoms with Crippen LogP contribution in [0, 0.1) is 5.92 Å². The van der Waals surface area contributed by atoms with Gasteiger partial charge >= 0.3 is 5.97 Å². The molecule has 18 heavy (non-hydrogen) atoms. The molecule has 0 aliphatic heterocycles. The lowest BCUT2D eigenvalue weighted by Crippen LogP contribution is -2.59. The van der Waals surface area contributed by atoms with Crippen LogP contribution in [0.25, 0.3) is 10.4 Å². The number of aliphatic carboxylic acids is 1. The number of carbonyl (C=O) groups is 1. The number of nitrogens with zero attached hydrogens (tertiary/aromatic N) is 3. The number of rotatable bonds is 7. The lowest BCUT2D eigenvalue weighted by Gasteiger charge is -2.41. The Hall–Kier alpha value is -1.26. The molecular weight excluding hydrogens is 232 g/mol. The van der Waals surface area contributed by atoms with Gasteiger partial charge in [-0.25, -0.2) is 0 Å². The van der Waals surface area contributed by atoms with Gasteiger partial charge in [0.1, 0.15) is 5.54 Å². The molecule has 0 aromatic rings. The van der Waals surface area contributed by atoms with Gasteiger partial charge in [0.05, 0.1) is 0 Å². The zero-order valence-corrected chi connectivity index (χ0v) is 10.9. The Morgan fingerprint density at radius 3 is 3.00 bits per heavy atom. The third kappa shape index (κ3) is 3.37. The van der Waals surface area contributed by atoms with Gasteiger partial charge in [-0.2, -0.15) is 0 Å². The number of hydrogen-bond donors (Lipinski definition) is 2. The topological polar surface area (TPSA) is 98.1 Å². The van der Waals surface area contributed by atoms with Crippen LogP contribution in [0.3, 0.4) is 0 Å². The van der Waals surface area contributed by atoms with Crippen molar-refractivity contribution >= 4 is 5.97 Å². The van der Waals surface area contributed by atoms with E-state index in [2.05, 4.69) is 22.3 Å². The summed E-state index contributed by atoms with van der Waals surface area (Å²) in [5.74, 6) is -0.541. The fourth-order valence-electron chi connectivity index (χ4n) is 2.89. The normalized spacial score (nSPS) is 27.5. The summed E-state index contributed by atoms with van der Waals surface area (Å²) in [6, 6.07) is 0. The maximum Gasteiger partial charge on any atom is 0.324 e. The number of carboxylic acid groups (broad SMARTS) is 1. The van der Waals surface area contributed by atoms with Gasteiger partial charge in [-0.3, -0.25) is 4.79 Å². The highest BCUT2D eigenvalue weighted by Gasteiger charge is 2.45. The van der Waals surface area contributed by atoms with Crippen LogP contribution in [0.5, 0.6) is 0 Å². The summed E-state index contributed by atoms with van der Waals surface area (Å²) < 4.78 is 0. The molecule has 6 heteroatoms. The maximum absolute atomic E-state index is 11.6.